The maximum Gasteiger partial charge on any atom is 0.230 e. The van der Waals surface area contributed by atoms with Gasteiger partial charge >= 0.3 is 0 Å². The topological polar surface area (TPSA) is 86.3 Å². The Morgan fingerprint density at radius 2 is 1.46 bits per heavy atom. The van der Waals surface area contributed by atoms with E-state index in [1.165, 1.54) is 14.2 Å². The average Bonchev–Trinajstić information content (AvgIpc) is 2.93. The third kappa shape index (κ3) is 5.44. The zero-order valence-corrected chi connectivity index (χ0v) is 21.9. The number of benzene rings is 3. The number of amides is 2. The van der Waals surface area contributed by atoms with Gasteiger partial charge in [0.1, 0.15) is 23.0 Å². The number of hydrogen-bond donors (Lipinski definition) is 1. The van der Waals surface area contributed by atoms with Gasteiger partial charge in [-0.25, -0.2) is 0 Å². The number of rotatable bonds is 8. The lowest BCUT2D eigenvalue weighted by atomic mass is 9.83. The second kappa shape index (κ2) is 11.4. The molecule has 8 nitrogen and oxygen atoms in total. The summed E-state index contributed by atoms with van der Waals surface area (Å²) < 4.78 is 21.3. The van der Waals surface area contributed by atoms with Gasteiger partial charge in [-0.15, -0.1) is 0 Å². The van der Waals surface area contributed by atoms with E-state index < -0.39 is 12.0 Å². The fourth-order valence-corrected chi connectivity index (χ4v) is 4.82. The number of hydrogen-bond acceptors (Lipinski definition) is 6. The second-order valence-electron chi connectivity index (χ2n) is 8.50. The summed E-state index contributed by atoms with van der Waals surface area (Å²) >= 11 is 6.32. The van der Waals surface area contributed by atoms with Crippen molar-refractivity contribution in [3.63, 3.8) is 0 Å². The minimum atomic E-state index is -0.557. The molecule has 1 aliphatic rings. The third-order valence-electron chi connectivity index (χ3n) is 6.47. The van der Waals surface area contributed by atoms with Gasteiger partial charge in [-0.2, -0.15) is 0 Å². The van der Waals surface area contributed by atoms with Gasteiger partial charge in [0, 0.05) is 18.2 Å². The van der Waals surface area contributed by atoms with E-state index in [0.29, 0.717) is 45.8 Å². The number of anilines is 2. The minimum absolute atomic E-state index is 0.0693. The van der Waals surface area contributed by atoms with E-state index >= 15 is 0 Å². The van der Waals surface area contributed by atoms with Crippen molar-refractivity contribution >= 4 is 34.8 Å². The van der Waals surface area contributed by atoms with E-state index in [-0.39, 0.29) is 18.2 Å². The summed E-state index contributed by atoms with van der Waals surface area (Å²) in [4.78, 5) is 28.7. The van der Waals surface area contributed by atoms with Crippen LogP contribution >= 0.6 is 11.6 Å². The lowest BCUT2D eigenvalue weighted by Crippen LogP contribution is -2.47. The number of nitrogens with one attached hydrogen (secondary N) is 1. The SMILES string of the molecule is COc1ccc(C2C(C(=O)Nc3cc(Cl)c(OC)cc3OC)CCC(=O)N2c2ccc(OC)cc2)cc1. The Morgan fingerprint density at radius 3 is 2.03 bits per heavy atom. The summed E-state index contributed by atoms with van der Waals surface area (Å²) in [5, 5.41) is 3.30. The fourth-order valence-electron chi connectivity index (χ4n) is 4.58. The van der Waals surface area contributed by atoms with E-state index in [0.717, 1.165) is 5.56 Å². The van der Waals surface area contributed by atoms with Crippen molar-refractivity contribution in [2.45, 2.75) is 18.9 Å². The zero-order valence-electron chi connectivity index (χ0n) is 21.1. The maximum absolute atomic E-state index is 13.8. The summed E-state index contributed by atoms with van der Waals surface area (Å²) in [7, 11) is 6.18. The molecule has 1 N–H and O–H groups in total. The van der Waals surface area contributed by atoms with Gasteiger partial charge in [-0.1, -0.05) is 23.7 Å². The molecule has 0 spiro atoms. The van der Waals surface area contributed by atoms with Gasteiger partial charge in [0.15, 0.2) is 0 Å². The van der Waals surface area contributed by atoms with Crippen molar-refractivity contribution in [3.05, 3.63) is 71.2 Å². The lowest BCUT2D eigenvalue weighted by Gasteiger charge is -2.41. The monoisotopic (exact) mass is 524 g/mol. The summed E-state index contributed by atoms with van der Waals surface area (Å²) in [6.45, 7) is 0. The molecule has 194 valence electrons. The Kier molecular flexibility index (Phi) is 8.08. The molecule has 2 atom stereocenters. The van der Waals surface area contributed by atoms with Crippen molar-refractivity contribution in [1.82, 2.24) is 0 Å². The Bertz CT molecular complexity index is 1260. The predicted octanol–water partition coefficient (Wildman–Crippen LogP) is 5.50. The molecule has 0 aromatic heterocycles. The lowest BCUT2D eigenvalue weighted by molar-refractivity contribution is -0.125. The molecule has 3 aromatic carbocycles. The summed E-state index contributed by atoms with van der Waals surface area (Å²) in [5.41, 5.74) is 1.90. The predicted molar refractivity (Wildman–Crippen MR) is 142 cm³/mol. The van der Waals surface area contributed by atoms with E-state index in [9.17, 15) is 9.59 Å². The number of ether oxygens (including phenoxy) is 4. The molecule has 0 aliphatic carbocycles. The zero-order chi connectivity index (χ0) is 26.5. The van der Waals surface area contributed by atoms with Crippen molar-refractivity contribution in [2.24, 2.45) is 5.92 Å². The average molecular weight is 525 g/mol. The Morgan fingerprint density at radius 1 is 0.865 bits per heavy atom. The van der Waals surface area contributed by atoms with Gasteiger partial charge in [-0.05, 0) is 54.4 Å². The molecule has 9 heteroatoms. The summed E-state index contributed by atoms with van der Waals surface area (Å²) in [5.74, 6) is 1.31. The number of halogens is 1. The van der Waals surface area contributed by atoms with Crippen molar-refractivity contribution in [1.29, 1.82) is 0 Å². The van der Waals surface area contributed by atoms with Crippen LogP contribution in [0.1, 0.15) is 24.4 Å². The molecule has 37 heavy (non-hydrogen) atoms. The highest BCUT2D eigenvalue weighted by molar-refractivity contribution is 6.32. The molecule has 4 rings (SSSR count). The van der Waals surface area contributed by atoms with Crippen molar-refractivity contribution < 1.29 is 28.5 Å². The summed E-state index contributed by atoms with van der Waals surface area (Å²) in [6.07, 6.45) is 0.595. The minimum Gasteiger partial charge on any atom is -0.497 e. The highest BCUT2D eigenvalue weighted by Gasteiger charge is 2.41. The van der Waals surface area contributed by atoms with Gasteiger partial charge in [0.05, 0.1) is 51.1 Å². The quantitative estimate of drug-likeness (QED) is 0.419. The van der Waals surface area contributed by atoms with Gasteiger partial charge in [0.25, 0.3) is 0 Å². The molecular weight excluding hydrogens is 496 g/mol. The molecule has 3 aromatic rings. The van der Waals surface area contributed by atoms with Crippen LogP contribution in [-0.4, -0.2) is 40.3 Å². The van der Waals surface area contributed by atoms with Crippen LogP contribution in [-0.2, 0) is 9.59 Å². The number of nitrogens with zero attached hydrogens (tertiary/aromatic N) is 1. The highest BCUT2D eigenvalue weighted by atomic mass is 35.5. The number of carbonyl (C=O) groups excluding carboxylic acids is 2. The molecule has 1 saturated heterocycles. The van der Waals surface area contributed by atoms with Crippen LogP contribution in [0.25, 0.3) is 0 Å². The van der Waals surface area contributed by atoms with E-state index in [4.69, 9.17) is 30.5 Å². The summed E-state index contributed by atoms with van der Waals surface area (Å²) in [6, 6.07) is 17.3. The Balaban J connectivity index is 1.74. The molecule has 0 bridgehead atoms. The van der Waals surface area contributed by atoms with E-state index in [2.05, 4.69) is 5.32 Å². The highest BCUT2D eigenvalue weighted by Crippen LogP contribution is 2.42. The van der Waals surface area contributed by atoms with Crippen molar-refractivity contribution in [3.8, 4) is 23.0 Å². The number of methoxy groups -OCH3 is 4. The van der Waals surface area contributed by atoms with Crippen molar-refractivity contribution in [2.75, 3.05) is 38.7 Å². The van der Waals surface area contributed by atoms with Crippen LogP contribution in [0.4, 0.5) is 11.4 Å². The molecule has 0 radical (unpaired) electrons. The Labute approximate surface area is 221 Å². The third-order valence-corrected chi connectivity index (χ3v) is 6.77. The van der Waals surface area contributed by atoms with Crippen LogP contribution in [0.3, 0.4) is 0 Å². The molecule has 1 fully saturated rings. The first kappa shape index (κ1) is 26.2. The molecule has 0 saturated carbocycles. The number of carbonyl (C=O) groups is 2. The van der Waals surface area contributed by atoms with Gasteiger partial charge in [-0.3, -0.25) is 9.59 Å². The fraction of sp³-hybridized carbons (Fsp3) is 0.286. The van der Waals surface area contributed by atoms with Crippen LogP contribution in [0.2, 0.25) is 5.02 Å². The molecule has 1 heterocycles. The first-order valence-electron chi connectivity index (χ1n) is 11.7. The van der Waals surface area contributed by atoms with Crippen LogP contribution in [0.15, 0.2) is 60.7 Å². The largest absolute Gasteiger partial charge is 0.497 e. The number of piperidine rings is 1. The van der Waals surface area contributed by atoms with Gasteiger partial charge < -0.3 is 29.2 Å². The van der Waals surface area contributed by atoms with E-state index in [1.807, 2.05) is 36.4 Å². The Hall–Kier alpha value is -3.91. The van der Waals surface area contributed by atoms with Gasteiger partial charge in [0.2, 0.25) is 11.8 Å². The smallest absolute Gasteiger partial charge is 0.230 e. The van der Waals surface area contributed by atoms with Crippen LogP contribution in [0.5, 0.6) is 23.0 Å². The van der Waals surface area contributed by atoms with E-state index in [1.54, 1.807) is 43.4 Å². The van der Waals surface area contributed by atoms with Crippen LogP contribution < -0.4 is 29.2 Å². The molecule has 2 unspecified atom stereocenters. The second-order valence-corrected chi connectivity index (χ2v) is 8.91. The molecule has 2 amide bonds. The normalized spacial score (nSPS) is 17.2. The van der Waals surface area contributed by atoms with Crippen LogP contribution in [0, 0.1) is 5.92 Å². The first-order valence-corrected chi connectivity index (χ1v) is 12.1. The maximum atomic E-state index is 13.8. The molecular formula is C28H29ClN2O6. The standard InChI is InChI=1S/C28H29ClN2O6/c1-34-19-9-5-17(6-10-19)27-21(13-14-26(32)31(27)18-7-11-20(35-2)12-8-18)28(33)30-23-15-22(29)24(36-3)16-25(23)37-4/h5-12,15-16,21,27H,13-14H2,1-4H3,(H,30,33). The first-order chi connectivity index (χ1) is 17.9. The molecule has 1 aliphatic heterocycles.